The van der Waals surface area contributed by atoms with Gasteiger partial charge in [-0.1, -0.05) is 78.9 Å². The molecule has 0 spiro atoms. The summed E-state index contributed by atoms with van der Waals surface area (Å²) in [6.45, 7) is 1.96. The van der Waals surface area contributed by atoms with E-state index >= 15 is 0 Å². The van der Waals surface area contributed by atoms with Crippen LogP contribution >= 0.6 is 0 Å². The van der Waals surface area contributed by atoms with Crippen molar-refractivity contribution in [2.24, 2.45) is 0 Å². The van der Waals surface area contributed by atoms with Crippen LogP contribution in [-0.2, 0) is 38.6 Å². The van der Waals surface area contributed by atoms with Crippen LogP contribution in [0.1, 0.15) is 66.0 Å². The zero-order chi connectivity index (χ0) is 37.7. The number of carbonyl (C=O) groups is 2. The predicted octanol–water partition coefficient (Wildman–Crippen LogP) is 6.97. The van der Waals surface area contributed by atoms with Crippen LogP contribution in [0, 0.1) is 0 Å². The number of carbonyl (C=O) groups excluding carboxylic acids is 2. The molecule has 1 aromatic heterocycles. The molecule has 5 N–H and O–H groups in total. The Morgan fingerprint density at radius 1 is 0.833 bits per heavy atom. The van der Waals surface area contributed by atoms with Crippen molar-refractivity contribution < 1.29 is 24.2 Å². The molecule has 6 rings (SSSR count). The molecule has 0 radical (unpaired) electrons. The van der Waals surface area contributed by atoms with E-state index in [0.29, 0.717) is 30.8 Å². The standard InChI is InChI=1S/C44H49N5O5/c1-49(24-22-37-13-4-5-23-46-37)29-38-27-41(33-20-18-31(30-50)19-21-33)54-44(53-38)36-12-7-11-35(26-36)34-10-6-9-32(25-34)28-47-42(51)16-8-17-43(52)48-40-15-3-2-14-39(40)45/h2-7,9-15,18-21,23,25-26,38,41,44,50H,8,16-17,22,24,27-30,45H2,1H3,(H,47,51)(H,48,52)/t38-,41+,44+/m0/s1. The number of nitrogen functional groups attached to an aromatic ring is 1. The van der Waals surface area contributed by atoms with Gasteiger partial charge < -0.3 is 35.8 Å². The molecule has 2 heterocycles. The Labute approximate surface area is 317 Å². The van der Waals surface area contributed by atoms with Crippen molar-refractivity contribution in [1.29, 1.82) is 0 Å². The van der Waals surface area contributed by atoms with Gasteiger partial charge in [-0.25, -0.2) is 0 Å². The van der Waals surface area contributed by atoms with Gasteiger partial charge in [-0.15, -0.1) is 0 Å². The van der Waals surface area contributed by atoms with Crippen molar-refractivity contribution in [2.45, 2.75) is 63.8 Å². The molecule has 10 nitrogen and oxygen atoms in total. The van der Waals surface area contributed by atoms with Crippen LogP contribution in [0.5, 0.6) is 0 Å². The Bertz CT molecular complexity index is 1970. The highest BCUT2D eigenvalue weighted by atomic mass is 16.7. The number of ether oxygens (including phenoxy) is 2. The van der Waals surface area contributed by atoms with Crippen molar-refractivity contribution >= 4 is 23.2 Å². The number of aliphatic hydroxyl groups excluding tert-OH is 1. The van der Waals surface area contributed by atoms with E-state index in [1.165, 1.54) is 0 Å². The number of benzene rings is 4. The topological polar surface area (TPSA) is 139 Å². The van der Waals surface area contributed by atoms with E-state index in [-0.39, 0.29) is 43.5 Å². The molecule has 1 aliphatic rings. The summed E-state index contributed by atoms with van der Waals surface area (Å²) in [5.74, 6) is -0.287. The fourth-order valence-corrected chi connectivity index (χ4v) is 6.57. The molecule has 54 heavy (non-hydrogen) atoms. The van der Waals surface area contributed by atoms with E-state index in [9.17, 15) is 14.7 Å². The highest BCUT2D eigenvalue weighted by Crippen LogP contribution is 2.39. The normalized spacial score (nSPS) is 16.9. The van der Waals surface area contributed by atoms with E-state index in [4.69, 9.17) is 15.2 Å². The first-order valence-electron chi connectivity index (χ1n) is 18.5. The number of anilines is 2. The fraction of sp³-hybridized carbons (Fsp3) is 0.295. The summed E-state index contributed by atoms with van der Waals surface area (Å²) in [4.78, 5) is 31.7. The number of hydrogen-bond acceptors (Lipinski definition) is 8. The lowest BCUT2D eigenvalue weighted by molar-refractivity contribution is -0.252. The molecule has 1 fully saturated rings. The van der Waals surface area contributed by atoms with E-state index in [2.05, 4.69) is 57.9 Å². The number of nitrogens with two attached hydrogens (primary N) is 1. The van der Waals surface area contributed by atoms with Gasteiger partial charge in [-0.05, 0) is 77.7 Å². The van der Waals surface area contributed by atoms with Crippen LogP contribution in [0.2, 0.25) is 0 Å². The van der Waals surface area contributed by atoms with Gasteiger partial charge >= 0.3 is 0 Å². The van der Waals surface area contributed by atoms with Crippen molar-refractivity contribution in [3.8, 4) is 11.1 Å². The third kappa shape index (κ3) is 11.1. The molecule has 0 unspecified atom stereocenters. The first-order valence-corrected chi connectivity index (χ1v) is 18.5. The average Bonchev–Trinajstić information content (AvgIpc) is 3.20. The lowest BCUT2D eigenvalue weighted by atomic mass is 9.98. The summed E-state index contributed by atoms with van der Waals surface area (Å²) in [6, 6.07) is 37.3. The molecule has 0 saturated carbocycles. The number of hydrogen-bond donors (Lipinski definition) is 4. The lowest BCUT2D eigenvalue weighted by Crippen LogP contribution is -2.38. The van der Waals surface area contributed by atoms with Gasteiger partial charge in [0.05, 0.1) is 30.2 Å². The first-order chi connectivity index (χ1) is 26.3. The second-order valence-corrected chi connectivity index (χ2v) is 13.8. The molecule has 280 valence electrons. The summed E-state index contributed by atoms with van der Waals surface area (Å²) in [7, 11) is 2.11. The summed E-state index contributed by atoms with van der Waals surface area (Å²) in [6.07, 6.45) is 3.44. The van der Waals surface area contributed by atoms with Gasteiger partial charge in [-0.2, -0.15) is 0 Å². The average molecular weight is 728 g/mol. The number of pyridine rings is 1. The Morgan fingerprint density at radius 2 is 1.59 bits per heavy atom. The minimum Gasteiger partial charge on any atom is -0.397 e. The highest BCUT2D eigenvalue weighted by Gasteiger charge is 2.33. The maximum absolute atomic E-state index is 12.6. The Morgan fingerprint density at radius 3 is 2.37 bits per heavy atom. The molecular weight excluding hydrogens is 679 g/mol. The van der Waals surface area contributed by atoms with Gasteiger partial charge in [0.15, 0.2) is 6.29 Å². The minimum absolute atomic E-state index is 0.00615. The summed E-state index contributed by atoms with van der Waals surface area (Å²) < 4.78 is 13.3. The van der Waals surface area contributed by atoms with Gasteiger partial charge in [0.25, 0.3) is 0 Å². The van der Waals surface area contributed by atoms with E-state index in [1.54, 1.807) is 12.1 Å². The maximum Gasteiger partial charge on any atom is 0.224 e. The molecule has 2 amide bonds. The number of nitrogens with one attached hydrogen (secondary N) is 2. The number of aromatic nitrogens is 1. The third-order valence-corrected chi connectivity index (χ3v) is 9.56. The smallest absolute Gasteiger partial charge is 0.224 e. The Hall–Kier alpha value is -5.39. The molecule has 1 aliphatic heterocycles. The lowest BCUT2D eigenvalue weighted by Gasteiger charge is -2.38. The van der Waals surface area contributed by atoms with Crippen molar-refractivity contribution in [3.05, 3.63) is 149 Å². The van der Waals surface area contributed by atoms with Crippen LogP contribution in [-0.4, -0.2) is 53.0 Å². The van der Waals surface area contributed by atoms with Crippen LogP contribution in [0.25, 0.3) is 11.1 Å². The van der Waals surface area contributed by atoms with Crippen molar-refractivity contribution in [1.82, 2.24) is 15.2 Å². The van der Waals surface area contributed by atoms with Gasteiger partial charge in [-0.3, -0.25) is 14.6 Å². The predicted molar refractivity (Wildman–Crippen MR) is 211 cm³/mol. The minimum atomic E-state index is -0.579. The highest BCUT2D eigenvalue weighted by molar-refractivity contribution is 5.94. The number of likely N-dealkylation sites (N-methyl/N-ethyl adjacent to an activating group) is 1. The van der Waals surface area contributed by atoms with Crippen molar-refractivity contribution in [3.63, 3.8) is 0 Å². The molecule has 1 saturated heterocycles. The van der Waals surface area contributed by atoms with E-state index in [0.717, 1.165) is 58.6 Å². The van der Waals surface area contributed by atoms with Crippen LogP contribution < -0.4 is 16.4 Å². The van der Waals surface area contributed by atoms with Crippen LogP contribution in [0.3, 0.4) is 0 Å². The van der Waals surface area contributed by atoms with Gasteiger partial charge in [0.2, 0.25) is 11.8 Å². The van der Waals surface area contributed by atoms with E-state index < -0.39 is 6.29 Å². The molecular formula is C44H49N5O5. The second kappa shape index (κ2) is 19.1. The monoisotopic (exact) mass is 727 g/mol. The fourth-order valence-electron chi connectivity index (χ4n) is 6.57. The van der Waals surface area contributed by atoms with Crippen LogP contribution in [0.15, 0.2) is 121 Å². The number of nitrogens with zero attached hydrogens (tertiary/aromatic N) is 2. The summed E-state index contributed by atoms with van der Waals surface area (Å²) in [5, 5.41) is 15.4. The molecule has 0 bridgehead atoms. The quantitative estimate of drug-likeness (QED) is 0.0800. The number of aliphatic hydroxyl groups is 1. The molecule has 3 atom stereocenters. The Balaban J connectivity index is 1.07. The van der Waals surface area contributed by atoms with Crippen LogP contribution in [0.4, 0.5) is 11.4 Å². The maximum atomic E-state index is 12.6. The third-order valence-electron chi connectivity index (χ3n) is 9.56. The summed E-state index contributed by atoms with van der Waals surface area (Å²) >= 11 is 0. The SMILES string of the molecule is CN(CCc1ccccn1)C[C@@H]1C[C@H](c2ccc(CO)cc2)O[C@H](c2cccc(-c3cccc(CNC(=O)CCCC(=O)Nc4ccccc4N)c3)c2)O1. The molecule has 4 aromatic carbocycles. The summed E-state index contributed by atoms with van der Waals surface area (Å²) in [5.41, 5.74) is 13.9. The molecule has 0 aliphatic carbocycles. The molecule has 10 heteroatoms. The largest absolute Gasteiger partial charge is 0.397 e. The zero-order valence-electron chi connectivity index (χ0n) is 30.7. The second-order valence-electron chi connectivity index (χ2n) is 13.8. The first kappa shape index (κ1) is 38.3. The van der Waals surface area contributed by atoms with Gasteiger partial charge in [0.1, 0.15) is 0 Å². The van der Waals surface area contributed by atoms with Crippen molar-refractivity contribution in [2.75, 3.05) is 31.2 Å². The van der Waals surface area contributed by atoms with E-state index in [1.807, 2.05) is 79.0 Å². The Kier molecular flexibility index (Phi) is 13.6. The number of rotatable bonds is 16. The zero-order valence-corrected chi connectivity index (χ0v) is 30.7. The number of para-hydroxylation sites is 2. The molecule has 5 aromatic rings. The van der Waals surface area contributed by atoms with Gasteiger partial charge in [0, 0.05) is 62.8 Å². The number of amides is 2.